The summed E-state index contributed by atoms with van der Waals surface area (Å²) in [5, 5.41) is 0. The SMILES string of the molecule is CCC(=O)NNC(=O)CCC(=O)N(c1ccccc1)c1ccccc1. The summed E-state index contributed by atoms with van der Waals surface area (Å²) in [7, 11) is 0. The Balaban J connectivity index is 2.04. The molecule has 0 heterocycles. The van der Waals surface area contributed by atoms with Crippen molar-refractivity contribution in [2.24, 2.45) is 0 Å². The van der Waals surface area contributed by atoms with Crippen LogP contribution in [0.2, 0.25) is 0 Å². The van der Waals surface area contributed by atoms with Crippen molar-refractivity contribution in [3.63, 3.8) is 0 Å². The molecule has 0 bridgehead atoms. The molecular formula is C19H21N3O3. The number of carbonyl (C=O) groups is 3. The molecule has 6 nitrogen and oxygen atoms in total. The normalized spacial score (nSPS) is 9.96. The molecule has 6 heteroatoms. The van der Waals surface area contributed by atoms with E-state index in [0.717, 1.165) is 11.4 Å². The van der Waals surface area contributed by atoms with E-state index in [9.17, 15) is 14.4 Å². The number of hydrogen-bond donors (Lipinski definition) is 2. The molecule has 0 atom stereocenters. The van der Waals surface area contributed by atoms with Gasteiger partial charge in [-0.3, -0.25) is 30.1 Å². The monoisotopic (exact) mass is 339 g/mol. The van der Waals surface area contributed by atoms with Crippen molar-refractivity contribution >= 4 is 29.1 Å². The minimum absolute atomic E-state index is 0.0149. The van der Waals surface area contributed by atoms with Gasteiger partial charge in [0.1, 0.15) is 0 Å². The van der Waals surface area contributed by atoms with E-state index in [1.54, 1.807) is 11.8 Å². The van der Waals surface area contributed by atoms with E-state index >= 15 is 0 Å². The molecule has 130 valence electrons. The number of nitrogens with zero attached hydrogens (tertiary/aromatic N) is 1. The van der Waals surface area contributed by atoms with E-state index in [1.165, 1.54) is 0 Å². The standard InChI is InChI=1S/C19H21N3O3/c1-2-17(23)20-21-18(24)13-14-19(25)22(15-9-5-3-6-10-15)16-11-7-4-8-12-16/h3-12H,2,13-14H2,1H3,(H,20,23)(H,21,24). The molecule has 2 aromatic rings. The van der Waals surface area contributed by atoms with E-state index in [4.69, 9.17) is 0 Å². The Bertz CT molecular complexity index is 678. The lowest BCUT2D eigenvalue weighted by molar-refractivity contribution is -0.129. The molecular weight excluding hydrogens is 318 g/mol. The van der Waals surface area contributed by atoms with E-state index in [-0.39, 0.29) is 31.1 Å². The zero-order chi connectivity index (χ0) is 18.1. The highest BCUT2D eigenvalue weighted by molar-refractivity contribution is 6.01. The van der Waals surface area contributed by atoms with Crippen LogP contribution in [0.1, 0.15) is 26.2 Å². The van der Waals surface area contributed by atoms with Crippen LogP contribution in [0.5, 0.6) is 0 Å². The molecule has 0 spiro atoms. The van der Waals surface area contributed by atoms with Gasteiger partial charge in [0, 0.05) is 30.6 Å². The van der Waals surface area contributed by atoms with Crippen LogP contribution in [0, 0.1) is 0 Å². The molecule has 2 aromatic carbocycles. The van der Waals surface area contributed by atoms with Crippen molar-refractivity contribution < 1.29 is 14.4 Å². The van der Waals surface area contributed by atoms with Crippen LogP contribution in [0.15, 0.2) is 60.7 Å². The van der Waals surface area contributed by atoms with E-state index < -0.39 is 5.91 Å². The van der Waals surface area contributed by atoms with Gasteiger partial charge in [-0.05, 0) is 24.3 Å². The molecule has 0 aromatic heterocycles. The van der Waals surface area contributed by atoms with Crippen LogP contribution in [0.25, 0.3) is 0 Å². The lowest BCUT2D eigenvalue weighted by Gasteiger charge is -2.23. The molecule has 0 fully saturated rings. The summed E-state index contributed by atoms with van der Waals surface area (Å²) >= 11 is 0. The summed E-state index contributed by atoms with van der Waals surface area (Å²) < 4.78 is 0. The Kier molecular flexibility index (Phi) is 6.71. The molecule has 25 heavy (non-hydrogen) atoms. The number of hydrazine groups is 1. The molecule has 0 saturated carbocycles. The van der Waals surface area contributed by atoms with Crippen LogP contribution < -0.4 is 15.8 Å². The Morgan fingerprint density at radius 3 is 1.72 bits per heavy atom. The second kappa shape index (κ2) is 9.22. The maximum absolute atomic E-state index is 12.7. The lowest BCUT2D eigenvalue weighted by atomic mass is 10.2. The van der Waals surface area contributed by atoms with Crippen molar-refractivity contribution in [2.45, 2.75) is 26.2 Å². The van der Waals surface area contributed by atoms with Crippen molar-refractivity contribution in [2.75, 3.05) is 4.90 Å². The highest BCUT2D eigenvalue weighted by Gasteiger charge is 2.18. The number of rotatable bonds is 6. The number of anilines is 2. The first-order valence-electron chi connectivity index (χ1n) is 8.12. The Hall–Kier alpha value is -3.15. The van der Waals surface area contributed by atoms with Gasteiger partial charge >= 0.3 is 0 Å². The van der Waals surface area contributed by atoms with Crippen molar-refractivity contribution in [3.8, 4) is 0 Å². The smallest absolute Gasteiger partial charge is 0.238 e. The summed E-state index contributed by atoms with van der Waals surface area (Å²) in [5.41, 5.74) is 6.05. The van der Waals surface area contributed by atoms with Crippen LogP contribution >= 0.6 is 0 Å². The summed E-state index contributed by atoms with van der Waals surface area (Å²) in [5.74, 6) is -0.888. The maximum atomic E-state index is 12.7. The first-order chi connectivity index (χ1) is 12.1. The van der Waals surface area contributed by atoms with Crippen molar-refractivity contribution in [1.29, 1.82) is 0 Å². The van der Waals surface area contributed by atoms with Crippen molar-refractivity contribution in [1.82, 2.24) is 10.9 Å². The summed E-state index contributed by atoms with van der Waals surface area (Å²) in [6.45, 7) is 1.68. The van der Waals surface area contributed by atoms with Gasteiger partial charge in [-0.2, -0.15) is 0 Å². The number of hydrogen-bond acceptors (Lipinski definition) is 3. The molecule has 2 rings (SSSR count). The van der Waals surface area contributed by atoms with Gasteiger partial charge in [0.25, 0.3) is 0 Å². The minimum atomic E-state index is -0.406. The van der Waals surface area contributed by atoms with Crippen molar-refractivity contribution in [3.05, 3.63) is 60.7 Å². The fraction of sp³-hybridized carbons (Fsp3) is 0.211. The zero-order valence-electron chi connectivity index (χ0n) is 14.1. The third-order valence-electron chi connectivity index (χ3n) is 3.51. The van der Waals surface area contributed by atoms with E-state index in [0.29, 0.717) is 0 Å². The van der Waals surface area contributed by atoms with Crippen LogP contribution in [0.4, 0.5) is 11.4 Å². The molecule has 0 saturated heterocycles. The third-order valence-corrected chi connectivity index (χ3v) is 3.51. The van der Waals surface area contributed by atoms with Gasteiger partial charge in [-0.25, -0.2) is 0 Å². The van der Waals surface area contributed by atoms with Crippen LogP contribution in [-0.2, 0) is 14.4 Å². The third kappa shape index (κ3) is 5.46. The fourth-order valence-electron chi connectivity index (χ4n) is 2.21. The molecule has 0 aliphatic rings. The highest BCUT2D eigenvalue weighted by Crippen LogP contribution is 2.26. The number of para-hydroxylation sites is 2. The average molecular weight is 339 g/mol. The molecule has 0 aliphatic carbocycles. The number of carbonyl (C=O) groups excluding carboxylic acids is 3. The number of nitrogens with one attached hydrogen (secondary N) is 2. The van der Waals surface area contributed by atoms with E-state index in [2.05, 4.69) is 10.9 Å². The maximum Gasteiger partial charge on any atom is 0.238 e. The summed E-state index contributed by atoms with van der Waals surface area (Å²) in [4.78, 5) is 37.2. The predicted molar refractivity (Wildman–Crippen MR) is 95.8 cm³/mol. The highest BCUT2D eigenvalue weighted by atomic mass is 16.2. The number of benzene rings is 2. The Morgan fingerprint density at radius 2 is 1.24 bits per heavy atom. The first-order valence-corrected chi connectivity index (χ1v) is 8.12. The minimum Gasteiger partial charge on any atom is -0.281 e. The molecule has 0 radical (unpaired) electrons. The quantitative estimate of drug-likeness (QED) is 0.794. The van der Waals surface area contributed by atoms with E-state index in [1.807, 2.05) is 60.7 Å². The molecule has 0 aliphatic heterocycles. The second-order valence-corrected chi connectivity index (χ2v) is 5.35. The molecule has 2 N–H and O–H groups in total. The van der Waals surface area contributed by atoms with Crippen LogP contribution in [0.3, 0.4) is 0 Å². The lowest BCUT2D eigenvalue weighted by Crippen LogP contribution is -2.41. The predicted octanol–water partition coefficient (Wildman–Crippen LogP) is 2.69. The first kappa shape index (κ1) is 18.2. The van der Waals surface area contributed by atoms with Gasteiger partial charge in [-0.15, -0.1) is 0 Å². The largest absolute Gasteiger partial charge is 0.281 e. The second-order valence-electron chi connectivity index (χ2n) is 5.35. The number of amides is 3. The Morgan fingerprint density at radius 1 is 0.760 bits per heavy atom. The van der Waals surface area contributed by atoms with Crippen LogP contribution in [-0.4, -0.2) is 17.7 Å². The summed E-state index contributed by atoms with van der Waals surface area (Å²) in [6.07, 6.45) is 0.283. The summed E-state index contributed by atoms with van der Waals surface area (Å²) in [6, 6.07) is 18.5. The zero-order valence-corrected chi connectivity index (χ0v) is 14.1. The van der Waals surface area contributed by atoms with Gasteiger partial charge in [-0.1, -0.05) is 43.3 Å². The Labute approximate surface area is 146 Å². The molecule has 3 amide bonds. The van der Waals surface area contributed by atoms with Gasteiger partial charge in [0.15, 0.2) is 0 Å². The fourth-order valence-corrected chi connectivity index (χ4v) is 2.21. The van der Waals surface area contributed by atoms with Gasteiger partial charge in [0.2, 0.25) is 17.7 Å². The topological polar surface area (TPSA) is 78.5 Å². The van der Waals surface area contributed by atoms with Gasteiger partial charge < -0.3 is 0 Å². The van der Waals surface area contributed by atoms with Gasteiger partial charge in [0.05, 0.1) is 0 Å². The molecule has 0 unspecified atom stereocenters. The average Bonchev–Trinajstić information content (AvgIpc) is 2.66.